The van der Waals surface area contributed by atoms with Gasteiger partial charge in [-0.15, -0.1) is 0 Å². The second kappa shape index (κ2) is 12.0. The number of hydrogen-bond acceptors (Lipinski definition) is 8. The van der Waals surface area contributed by atoms with Crippen molar-refractivity contribution >= 4 is 22.9 Å². The Hall–Kier alpha value is -4.44. The molecule has 200 valence electrons. The number of nitrogens with one attached hydrogen (secondary N) is 4. The molecule has 1 fully saturated rings. The van der Waals surface area contributed by atoms with Crippen LogP contribution in [0.4, 0.5) is 26.0 Å². The predicted molar refractivity (Wildman–Crippen MR) is 147 cm³/mol. The largest absolute Gasteiger partial charge is 0.494 e. The van der Waals surface area contributed by atoms with Crippen molar-refractivity contribution in [1.29, 1.82) is 5.41 Å². The number of anilines is 3. The van der Waals surface area contributed by atoms with Gasteiger partial charge >= 0.3 is 0 Å². The molecule has 4 aromatic rings. The zero-order chi connectivity index (χ0) is 27.2. The molecule has 3 heterocycles. The molecule has 10 heteroatoms. The normalized spacial score (nSPS) is 13.0. The Bertz CT molecular complexity index is 1440. The third kappa shape index (κ3) is 6.18. The van der Waals surface area contributed by atoms with Crippen LogP contribution in [-0.4, -0.2) is 40.4 Å². The van der Waals surface area contributed by atoms with Crippen LogP contribution >= 0.6 is 0 Å². The van der Waals surface area contributed by atoms with Gasteiger partial charge < -0.3 is 20.7 Å². The van der Waals surface area contributed by atoms with E-state index < -0.39 is 11.6 Å². The number of nitrogens with zero attached hydrogens (tertiary/aromatic N) is 3. The third-order valence-electron chi connectivity index (χ3n) is 6.48. The van der Waals surface area contributed by atoms with E-state index in [4.69, 9.17) is 15.1 Å². The Balaban J connectivity index is 1.39. The quantitative estimate of drug-likeness (QED) is 0.201. The summed E-state index contributed by atoms with van der Waals surface area (Å²) in [7, 11) is 0. The minimum Gasteiger partial charge on any atom is -0.494 e. The molecule has 0 amide bonds. The van der Waals surface area contributed by atoms with E-state index in [1.807, 2.05) is 12.1 Å². The number of halogens is 2. The number of benzene rings is 2. The van der Waals surface area contributed by atoms with Gasteiger partial charge in [-0.05, 0) is 50.6 Å². The summed E-state index contributed by atoms with van der Waals surface area (Å²) in [4.78, 5) is 13.3. The van der Waals surface area contributed by atoms with Crippen LogP contribution in [0.25, 0.3) is 0 Å². The topological polar surface area (TPSA) is 108 Å². The number of aromatic nitrogens is 3. The zero-order valence-electron chi connectivity index (χ0n) is 21.5. The average molecular weight is 530 g/mol. The van der Waals surface area contributed by atoms with Crippen LogP contribution in [0.3, 0.4) is 0 Å². The Morgan fingerprint density at radius 3 is 2.54 bits per heavy atom. The Kier molecular flexibility index (Phi) is 8.02. The average Bonchev–Trinajstić information content (AvgIpc) is 2.91. The summed E-state index contributed by atoms with van der Waals surface area (Å²) in [5.41, 5.74) is 2.80. The van der Waals surface area contributed by atoms with Gasteiger partial charge in [0, 0.05) is 65.3 Å². The maximum absolute atomic E-state index is 14.6. The van der Waals surface area contributed by atoms with Crippen molar-refractivity contribution in [3.8, 4) is 5.75 Å². The lowest BCUT2D eigenvalue weighted by Gasteiger charge is -2.27. The van der Waals surface area contributed by atoms with Gasteiger partial charge in [0.25, 0.3) is 0 Å². The molecule has 0 atom stereocenters. The molecule has 1 aliphatic rings. The van der Waals surface area contributed by atoms with Crippen LogP contribution in [0.15, 0.2) is 67.1 Å². The Morgan fingerprint density at radius 2 is 1.85 bits per heavy atom. The fraction of sp³-hybridized carbons (Fsp3) is 0.241. The second-order valence-electron chi connectivity index (χ2n) is 9.23. The molecule has 8 nitrogen and oxygen atoms in total. The van der Waals surface area contributed by atoms with E-state index in [1.54, 1.807) is 49.8 Å². The zero-order valence-corrected chi connectivity index (χ0v) is 21.5. The van der Waals surface area contributed by atoms with E-state index in [-0.39, 0.29) is 29.4 Å². The fourth-order valence-corrected chi connectivity index (χ4v) is 4.32. The molecule has 0 radical (unpaired) electrons. The molecule has 0 saturated carbocycles. The molecule has 2 aromatic carbocycles. The molecule has 5 rings (SSSR count). The van der Waals surface area contributed by atoms with Crippen LogP contribution in [0, 0.1) is 23.0 Å². The lowest BCUT2D eigenvalue weighted by atomic mass is 9.95. The number of rotatable bonds is 11. The molecule has 0 aliphatic carbocycles. The minimum absolute atomic E-state index is 0.0837. The summed E-state index contributed by atoms with van der Waals surface area (Å²) in [6.07, 6.45) is 5.96. The monoisotopic (exact) mass is 529 g/mol. The van der Waals surface area contributed by atoms with Crippen molar-refractivity contribution in [1.82, 2.24) is 20.3 Å². The number of hydrogen-bond donors (Lipinski definition) is 4. The van der Waals surface area contributed by atoms with Gasteiger partial charge in [-0.2, -0.15) is 0 Å². The molecule has 4 N–H and O–H groups in total. The Labute approximate surface area is 225 Å². The van der Waals surface area contributed by atoms with Crippen molar-refractivity contribution in [2.24, 2.45) is 5.92 Å². The van der Waals surface area contributed by atoms with Gasteiger partial charge in [0.05, 0.1) is 6.61 Å². The number of pyridine rings is 1. The first-order valence-electron chi connectivity index (χ1n) is 12.8. The third-order valence-corrected chi connectivity index (χ3v) is 6.48. The molecule has 0 bridgehead atoms. The van der Waals surface area contributed by atoms with E-state index >= 15 is 0 Å². The predicted octanol–water partition coefficient (Wildman–Crippen LogP) is 5.08. The van der Waals surface area contributed by atoms with Crippen LogP contribution in [0.1, 0.15) is 29.4 Å². The lowest BCUT2D eigenvalue weighted by Crippen LogP contribution is -2.43. The molecular formula is C29H29F2N7O. The fourth-order valence-electron chi connectivity index (χ4n) is 4.32. The lowest BCUT2D eigenvalue weighted by molar-refractivity contribution is 0.335. The highest BCUT2D eigenvalue weighted by atomic mass is 19.1. The number of para-hydroxylation sites is 1. The first kappa shape index (κ1) is 26.2. The highest BCUT2D eigenvalue weighted by molar-refractivity contribution is 6.12. The Morgan fingerprint density at radius 1 is 1.10 bits per heavy atom. The van der Waals surface area contributed by atoms with Gasteiger partial charge in [-0.25, -0.2) is 18.7 Å². The summed E-state index contributed by atoms with van der Waals surface area (Å²) in [5.74, 6) is 0.104. The molecule has 0 unspecified atom stereocenters. The summed E-state index contributed by atoms with van der Waals surface area (Å²) in [6.45, 7) is 3.84. The van der Waals surface area contributed by atoms with E-state index in [0.717, 1.165) is 30.8 Å². The van der Waals surface area contributed by atoms with Gasteiger partial charge in [0.2, 0.25) is 0 Å². The minimum atomic E-state index is -0.703. The highest BCUT2D eigenvalue weighted by Gasteiger charge is 2.21. The van der Waals surface area contributed by atoms with Crippen LogP contribution < -0.4 is 20.7 Å². The molecule has 2 aromatic heterocycles. The van der Waals surface area contributed by atoms with Crippen LogP contribution in [-0.2, 0) is 13.0 Å². The van der Waals surface area contributed by atoms with Crippen molar-refractivity contribution < 1.29 is 13.5 Å². The van der Waals surface area contributed by atoms with E-state index in [2.05, 4.69) is 25.9 Å². The van der Waals surface area contributed by atoms with Crippen molar-refractivity contribution in [2.75, 3.05) is 30.3 Å². The van der Waals surface area contributed by atoms with E-state index in [0.29, 0.717) is 29.6 Å². The molecule has 1 aliphatic heterocycles. The SMILES string of the molecule is CCOc1cc(F)c(CNc2ccccc2C(=N)c2ncc(CC3CNC3)c(Nc3ccncc3)n2)c(F)c1. The van der Waals surface area contributed by atoms with Gasteiger partial charge in [0.1, 0.15) is 28.9 Å². The molecule has 1 saturated heterocycles. The summed E-state index contributed by atoms with van der Waals surface area (Å²) < 4.78 is 34.4. The molecule has 0 spiro atoms. The highest BCUT2D eigenvalue weighted by Crippen LogP contribution is 2.26. The van der Waals surface area contributed by atoms with Gasteiger partial charge in [0.15, 0.2) is 5.82 Å². The standard InChI is InChI=1S/C29H29F2N7O/c1-2-39-21-12-24(30)23(25(31)13-21)17-35-26-6-4-3-5-22(26)27(32)29-36-16-19(11-18-14-34-15-18)28(38-29)37-20-7-9-33-10-8-20/h3-10,12-13,16,18,32,34-35H,2,11,14-15,17H2,1H3,(H,33,36,37,38). The van der Waals surface area contributed by atoms with Crippen LogP contribution in [0.5, 0.6) is 5.75 Å². The van der Waals surface area contributed by atoms with E-state index in [1.165, 1.54) is 12.1 Å². The van der Waals surface area contributed by atoms with Crippen molar-refractivity contribution in [3.63, 3.8) is 0 Å². The molecular weight excluding hydrogens is 500 g/mol. The summed E-state index contributed by atoms with van der Waals surface area (Å²) in [5, 5.41) is 18.6. The van der Waals surface area contributed by atoms with Gasteiger partial charge in [-0.3, -0.25) is 10.4 Å². The summed E-state index contributed by atoms with van der Waals surface area (Å²) in [6, 6.07) is 13.1. The van der Waals surface area contributed by atoms with Gasteiger partial charge in [-0.1, -0.05) is 18.2 Å². The maximum Gasteiger partial charge on any atom is 0.180 e. The van der Waals surface area contributed by atoms with Crippen molar-refractivity contribution in [2.45, 2.75) is 19.9 Å². The van der Waals surface area contributed by atoms with E-state index in [9.17, 15) is 8.78 Å². The summed E-state index contributed by atoms with van der Waals surface area (Å²) >= 11 is 0. The molecule has 39 heavy (non-hydrogen) atoms. The second-order valence-corrected chi connectivity index (χ2v) is 9.23. The first-order chi connectivity index (χ1) is 19.0. The van der Waals surface area contributed by atoms with Crippen molar-refractivity contribution in [3.05, 3.63) is 101 Å². The maximum atomic E-state index is 14.6. The smallest absolute Gasteiger partial charge is 0.180 e. The first-order valence-corrected chi connectivity index (χ1v) is 12.8. The van der Waals surface area contributed by atoms with Crippen LogP contribution in [0.2, 0.25) is 0 Å². The number of ether oxygens (including phenoxy) is 1.